The molecule has 182 valence electrons. The van der Waals surface area contributed by atoms with Gasteiger partial charge in [-0.15, -0.1) is 10.2 Å². The third-order valence-electron chi connectivity index (χ3n) is 6.41. The van der Waals surface area contributed by atoms with E-state index >= 15 is 0 Å². The topological polar surface area (TPSA) is 143 Å². The largest absolute Gasteiger partial charge is 0.493 e. The van der Waals surface area contributed by atoms with Crippen LogP contribution in [0, 0.1) is 0 Å². The number of halogens is 1. The Bertz CT molecular complexity index is 1360. The Morgan fingerprint density at radius 2 is 2.03 bits per heavy atom. The Morgan fingerprint density at radius 3 is 2.77 bits per heavy atom. The average molecular weight is 497 g/mol. The standard InChI is InChI=1S/C24H25ClN6O4/c25-21-16(24(35)31-9-1-2-15(31)12-26-14-4-5-14)6-7-17-20(21)22(23(34)28-17)30-29-19(33)10-13-3-8-18(32)27-11-13/h3,6-8,11,14-15,26,28,34H,1-2,4-5,9-10,12H2,(H,27,32)/t15-/m1/s1. The van der Waals surface area contributed by atoms with Gasteiger partial charge in [0.25, 0.3) is 11.8 Å². The Balaban J connectivity index is 1.38. The smallest absolute Gasteiger partial charge is 0.269 e. The summed E-state index contributed by atoms with van der Waals surface area (Å²) in [6.07, 6.45) is 5.60. The van der Waals surface area contributed by atoms with Crippen molar-refractivity contribution in [1.29, 1.82) is 0 Å². The molecule has 2 aliphatic rings. The molecule has 0 spiro atoms. The van der Waals surface area contributed by atoms with E-state index in [1.54, 1.807) is 12.1 Å². The van der Waals surface area contributed by atoms with Gasteiger partial charge in [-0.1, -0.05) is 17.7 Å². The number of hydrogen-bond acceptors (Lipinski definition) is 6. The fraction of sp³-hybridized carbons (Fsp3) is 0.375. The van der Waals surface area contributed by atoms with Crippen LogP contribution in [0.5, 0.6) is 5.88 Å². The number of fused-ring (bicyclic) bond motifs is 1. The molecule has 1 aromatic carbocycles. The molecule has 3 aromatic rings. The molecule has 2 amide bonds. The third kappa shape index (κ3) is 4.98. The minimum Gasteiger partial charge on any atom is -0.493 e. The van der Waals surface area contributed by atoms with E-state index < -0.39 is 5.91 Å². The van der Waals surface area contributed by atoms with Crippen molar-refractivity contribution in [2.75, 3.05) is 13.1 Å². The molecule has 3 heterocycles. The van der Waals surface area contributed by atoms with Crippen LogP contribution in [0.25, 0.3) is 10.9 Å². The maximum Gasteiger partial charge on any atom is 0.269 e. The minimum absolute atomic E-state index is 0.0113. The lowest BCUT2D eigenvalue weighted by atomic mass is 10.1. The lowest BCUT2D eigenvalue weighted by Crippen LogP contribution is -2.42. The van der Waals surface area contributed by atoms with E-state index in [0.29, 0.717) is 34.6 Å². The van der Waals surface area contributed by atoms with Crippen LogP contribution in [-0.2, 0) is 11.2 Å². The number of aromatic amines is 2. The molecular formula is C24H25ClN6O4. The summed E-state index contributed by atoms with van der Waals surface area (Å²) in [5.41, 5.74) is 1.07. The number of azo groups is 1. The third-order valence-corrected chi connectivity index (χ3v) is 6.80. The van der Waals surface area contributed by atoms with Gasteiger partial charge >= 0.3 is 0 Å². The Hall–Kier alpha value is -3.50. The van der Waals surface area contributed by atoms with Crippen molar-refractivity contribution in [3.05, 3.63) is 57.0 Å². The predicted molar refractivity (Wildman–Crippen MR) is 130 cm³/mol. The van der Waals surface area contributed by atoms with Crippen LogP contribution in [0.4, 0.5) is 5.69 Å². The molecule has 0 bridgehead atoms. The molecule has 1 aliphatic heterocycles. The molecule has 35 heavy (non-hydrogen) atoms. The first-order valence-corrected chi connectivity index (χ1v) is 12.0. The summed E-state index contributed by atoms with van der Waals surface area (Å²) in [5.74, 6) is -1.05. The molecule has 1 aliphatic carbocycles. The van der Waals surface area contributed by atoms with E-state index in [4.69, 9.17) is 11.6 Å². The molecule has 11 heteroatoms. The number of aromatic hydroxyl groups is 1. The van der Waals surface area contributed by atoms with E-state index in [0.717, 1.165) is 19.4 Å². The lowest BCUT2D eigenvalue weighted by Gasteiger charge is -2.25. The van der Waals surface area contributed by atoms with Crippen LogP contribution < -0.4 is 10.9 Å². The summed E-state index contributed by atoms with van der Waals surface area (Å²) < 4.78 is 0. The van der Waals surface area contributed by atoms with Gasteiger partial charge in [0.05, 0.1) is 27.9 Å². The summed E-state index contributed by atoms with van der Waals surface area (Å²) in [5, 5.41) is 22.0. The number of carbonyl (C=O) groups excluding carboxylic acids is 2. The number of nitrogens with one attached hydrogen (secondary N) is 3. The number of H-pyrrole nitrogens is 2. The molecule has 2 aromatic heterocycles. The number of nitrogens with zero attached hydrogens (tertiary/aromatic N) is 3. The normalized spacial score (nSPS) is 18.1. The highest BCUT2D eigenvalue weighted by molar-refractivity contribution is 6.39. The fourth-order valence-electron chi connectivity index (χ4n) is 4.41. The number of rotatable bonds is 7. The summed E-state index contributed by atoms with van der Waals surface area (Å²) in [4.78, 5) is 44.0. The maximum atomic E-state index is 13.4. The Morgan fingerprint density at radius 1 is 1.20 bits per heavy atom. The molecule has 10 nitrogen and oxygen atoms in total. The molecule has 1 saturated heterocycles. The van der Waals surface area contributed by atoms with Gasteiger partial charge in [0.1, 0.15) is 0 Å². The first-order valence-electron chi connectivity index (χ1n) is 11.6. The van der Waals surface area contributed by atoms with Crippen molar-refractivity contribution in [3.63, 3.8) is 0 Å². The number of carbonyl (C=O) groups is 2. The maximum absolute atomic E-state index is 13.4. The van der Waals surface area contributed by atoms with Crippen molar-refractivity contribution in [2.45, 2.75) is 44.2 Å². The van der Waals surface area contributed by atoms with Crippen LogP contribution in [0.1, 0.15) is 41.6 Å². The van der Waals surface area contributed by atoms with Crippen LogP contribution in [0.3, 0.4) is 0 Å². The van der Waals surface area contributed by atoms with Crippen molar-refractivity contribution in [1.82, 2.24) is 20.2 Å². The molecule has 1 saturated carbocycles. The van der Waals surface area contributed by atoms with Gasteiger partial charge in [0, 0.05) is 37.4 Å². The van der Waals surface area contributed by atoms with E-state index in [1.165, 1.54) is 31.2 Å². The molecule has 5 rings (SSSR count). The zero-order valence-electron chi connectivity index (χ0n) is 18.9. The molecule has 2 fully saturated rings. The summed E-state index contributed by atoms with van der Waals surface area (Å²) in [6.45, 7) is 1.42. The average Bonchev–Trinajstić information content (AvgIpc) is 3.44. The van der Waals surface area contributed by atoms with Crippen LogP contribution in [0.2, 0.25) is 5.02 Å². The quantitative estimate of drug-likeness (QED) is 0.370. The lowest BCUT2D eigenvalue weighted by molar-refractivity contribution is -0.117. The summed E-state index contributed by atoms with van der Waals surface area (Å²) >= 11 is 6.66. The number of benzene rings is 1. The first kappa shape index (κ1) is 23.3. The van der Waals surface area contributed by atoms with Gasteiger partial charge in [-0.3, -0.25) is 14.4 Å². The van der Waals surface area contributed by atoms with Crippen molar-refractivity contribution < 1.29 is 14.7 Å². The number of pyridine rings is 1. The number of aromatic nitrogens is 2. The second-order valence-electron chi connectivity index (χ2n) is 8.98. The first-order chi connectivity index (χ1) is 16.9. The summed E-state index contributed by atoms with van der Waals surface area (Å²) in [7, 11) is 0. The second kappa shape index (κ2) is 9.63. The van der Waals surface area contributed by atoms with Crippen molar-refractivity contribution in [2.24, 2.45) is 10.2 Å². The predicted octanol–water partition coefficient (Wildman–Crippen LogP) is 3.42. The van der Waals surface area contributed by atoms with E-state index in [1.807, 2.05) is 4.90 Å². The SMILES string of the molecule is O=C(Cc1ccc(=O)[nH]c1)N=Nc1c(O)[nH]c2ccc(C(=O)N3CCC[C@@H]3CNC3CC3)c(Cl)c12. The zero-order chi connectivity index (χ0) is 24.5. The van der Waals surface area contributed by atoms with Crippen molar-refractivity contribution in [3.8, 4) is 5.88 Å². The number of hydrogen-bond donors (Lipinski definition) is 4. The van der Waals surface area contributed by atoms with Crippen LogP contribution >= 0.6 is 11.6 Å². The van der Waals surface area contributed by atoms with Gasteiger partial charge in [-0.05, 0) is 43.4 Å². The number of likely N-dealkylation sites (tertiary alicyclic amines) is 1. The zero-order valence-corrected chi connectivity index (χ0v) is 19.6. The van der Waals surface area contributed by atoms with Gasteiger partial charge in [0.2, 0.25) is 11.4 Å². The highest BCUT2D eigenvalue weighted by Gasteiger charge is 2.32. The van der Waals surface area contributed by atoms with Crippen molar-refractivity contribution >= 4 is 40.0 Å². The second-order valence-corrected chi connectivity index (χ2v) is 9.36. The fourth-order valence-corrected chi connectivity index (χ4v) is 4.74. The highest BCUT2D eigenvalue weighted by atomic mass is 35.5. The Kier molecular flexibility index (Phi) is 6.40. The van der Waals surface area contributed by atoms with Crippen LogP contribution in [0.15, 0.2) is 45.5 Å². The van der Waals surface area contributed by atoms with Gasteiger partial charge in [-0.25, -0.2) is 0 Å². The van der Waals surface area contributed by atoms with Gasteiger partial charge < -0.3 is 25.3 Å². The Labute approximate surface area is 205 Å². The molecule has 0 radical (unpaired) electrons. The van der Waals surface area contributed by atoms with E-state index in [9.17, 15) is 19.5 Å². The molecule has 4 N–H and O–H groups in total. The van der Waals surface area contributed by atoms with Gasteiger partial charge in [0.15, 0.2) is 5.69 Å². The molecule has 0 unspecified atom stereocenters. The highest BCUT2D eigenvalue weighted by Crippen LogP contribution is 2.41. The summed E-state index contributed by atoms with van der Waals surface area (Å²) in [6, 6.07) is 6.80. The minimum atomic E-state index is -0.572. The number of amides is 2. The van der Waals surface area contributed by atoms with Gasteiger partial charge in [-0.2, -0.15) is 0 Å². The van der Waals surface area contributed by atoms with E-state index in [-0.39, 0.29) is 40.5 Å². The monoisotopic (exact) mass is 496 g/mol. The van der Waals surface area contributed by atoms with E-state index in [2.05, 4.69) is 25.5 Å². The van der Waals surface area contributed by atoms with Crippen LogP contribution in [-0.4, -0.2) is 57.0 Å². The molecular weight excluding hydrogens is 472 g/mol. The molecule has 1 atom stereocenters.